The lowest BCUT2D eigenvalue weighted by Gasteiger charge is -2.37. The summed E-state index contributed by atoms with van der Waals surface area (Å²) in [5, 5.41) is 11.4. The van der Waals surface area contributed by atoms with Crippen LogP contribution in [0.3, 0.4) is 0 Å². The zero-order chi connectivity index (χ0) is 29.6. The summed E-state index contributed by atoms with van der Waals surface area (Å²) in [5.41, 5.74) is 8.34. The van der Waals surface area contributed by atoms with Crippen LogP contribution in [-0.4, -0.2) is 74.0 Å². The minimum absolute atomic E-state index is 0.0952. The first kappa shape index (κ1) is 32.9. The third-order valence-electron chi connectivity index (χ3n) is 7.42. The first-order valence-electron chi connectivity index (χ1n) is 14.1. The lowest BCUT2D eigenvalue weighted by molar-refractivity contribution is -0.174. The Morgan fingerprint density at radius 1 is 1.00 bits per heavy atom. The third kappa shape index (κ3) is 10.0. The summed E-state index contributed by atoms with van der Waals surface area (Å²) in [5.74, 6) is 0.133. The number of amidine groups is 1. The van der Waals surface area contributed by atoms with Crippen LogP contribution in [0, 0.1) is 11.3 Å². The lowest BCUT2D eigenvalue weighted by atomic mass is 9.73. The van der Waals surface area contributed by atoms with E-state index in [1.807, 2.05) is 56.1 Å². The largest absolute Gasteiger partial charge is 0.455 e. The Labute approximate surface area is 237 Å². The van der Waals surface area contributed by atoms with Crippen molar-refractivity contribution in [3.63, 3.8) is 0 Å². The van der Waals surface area contributed by atoms with Gasteiger partial charge < -0.3 is 35.7 Å². The molecular weight excluding hydrogens is 516 g/mol. The van der Waals surface area contributed by atoms with Crippen molar-refractivity contribution in [1.82, 2.24) is 4.90 Å². The fourth-order valence-electron chi connectivity index (χ4n) is 5.17. The number of hydrogen-bond donors (Lipinski definition) is 3. The zero-order valence-corrected chi connectivity index (χ0v) is 24.1. The summed E-state index contributed by atoms with van der Waals surface area (Å²) in [4.78, 5) is 40.3. The van der Waals surface area contributed by atoms with Gasteiger partial charge in [0.2, 0.25) is 0 Å². The van der Waals surface area contributed by atoms with Crippen molar-refractivity contribution in [2.24, 2.45) is 27.8 Å². The molecule has 40 heavy (non-hydrogen) atoms. The van der Waals surface area contributed by atoms with E-state index >= 15 is 0 Å². The SMILES string of the molecule is CCCC(C)(COC(N)=O)COC(N)=O.CN1CCCN=C1COC(=O)C(O)(c1ccccc1)C1CCCCC1. The average molecular weight is 563 g/mol. The second kappa shape index (κ2) is 16.1. The fraction of sp³-hybridized carbons (Fsp3) is 0.655. The lowest BCUT2D eigenvalue weighted by Crippen LogP contribution is -2.46. The Hall–Kier alpha value is -3.34. The summed E-state index contributed by atoms with van der Waals surface area (Å²) in [7, 11) is 1.95. The molecule has 0 radical (unpaired) electrons. The normalized spacial score (nSPS) is 17.4. The molecule has 1 fully saturated rings. The van der Waals surface area contributed by atoms with E-state index in [9.17, 15) is 19.5 Å². The number of esters is 1. The van der Waals surface area contributed by atoms with E-state index in [4.69, 9.17) is 25.7 Å². The highest BCUT2D eigenvalue weighted by Gasteiger charge is 2.47. The van der Waals surface area contributed by atoms with E-state index in [2.05, 4.69) is 4.99 Å². The molecule has 1 aromatic carbocycles. The standard InChI is InChI=1S/C20H28N2O3.C9H18N2O4/c1-22-14-8-13-21-18(22)15-25-19(23)20(24,16-9-4-2-5-10-16)17-11-6-3-7-12-17;1-3-4-9(2,5-14-7(10)12)6-15-8(11)13/h2,4-5,9-10,17,24H,3,6-8,11-15H2,1H3;3-6H2,1-2H3,(H2,10,12)(H2,11,13). The number of hydrogen-bond acceptors (Lipinski definition) is 9. The van der Waals surface area contributed by atoms with Gasteiger partial charge in [0.25, 0.3) is 0 Å². The zero-order valence-electron chi connectivity index (χ0n) is 24.1. The smallest absolute Gasteiger partial charge is 0.404 e. The van der Waals surface area contributed by atoms with Crippen molar-refractivity contribution >= 4 is 24.0 Å². The molecule has 224 valence electrons. The number of aliphatic imine (C=N–C) groups is 1. The van der Waals surface area contributed by atoms with Crippen LogP contribution in [0.25, 0.3) is 0 Å². The van der Waals surface area contributed by atoms with E-state index in [1.54, 1.807) is 0 Å². The molecule has 11 nitrogen and oxygen atoms in total. The number of primary amides is 2. The number of nitrogens with two attached hydrogens (primary N) is 2. The van der Waals surface area contributed by atoms with Gasteiger partial charge in [0, 0.05) is 31.5 Å². The summed E-state index contributed by atoms with van der Waals surface area (Å²) in [6, 6.07) is 9.24. The molecule has 5 N–H and O–H groups in total. The number of nitrogens with zero attached hydrogens (tertiary/aromatic N) is 2. The Morgan fingerprint density at radius 3 is 2.12 bits per heavy atom. The molecule has 3 rings (SSSR count). The van der Waals surface area contributed by atoms with Gasteiger partial charge in [0.05, 0.1) is 0 Å². The van der Waals surface area contributed by atoms with Gasteiger partial charge in [-0.2, -0.15) is 0 Å². The number of likely N-dealkylation sites (N-methyl/N-ethyl adjacent to an activating group) is 1. The molecule has 11 heteroatoms. The highest BCUT2D eigenvalue weighted by Crippen LogP contribution is 2.40. The van der Waals surface area contributed by atoms with Crippen LogP contribution >= 0.6 is 0 Å². The van der Waals surface area contributed by atoms with E-state index < -0.39 is 29.2 Å². The van der Waals surface area contributed by atoms with Crippen LogP contribution in [0.15, 0.2) is 35.3 Å². The summed E-state index contributed by atoms with van der Waals surface area (Å²) in [6.07, 6.45) is 5.91. The van der Waals surface area contributed by atoms with Gasteiger partial charge in [0.1, 0.15) is 25.7 Å². The van der Waals surface area contributed by atoms with Crippen molar-refractivity contribution in [2.75, 3.05) is 40.0 Å². The maximum atomic E-state index is 13.0. The molecule has 2 amide bonds. The molecule has 1 aromatic rings. The number of amides is 2. The van der Waals surface area contributed by atoms with Gasteiger partial charge in [-0.25, -0.2) is 14.4 Å². The molecule has 0 aromatic heterocycles. The van der Waals surface area contributed by atoms with Crippen LogP contribution in [0.2, 0.25) is 0 Å². The Kier molecular flexibility index (Phi) is 13.2. The highest BCUT2D eigenvalue weighted by molar-refractivity contribution is 5.88. The number of carbonyl (C=O) groups is 3. The van der Waals surface area contributed by atoms with Crippen LogP contribution in [0.1, 0.15) is 70.8 Å². The van der Waals surface area contributed by atoms with Crippen molar-refractivity contribution in [2.45, 2.75) is 70.8 Å². The van der Waals surface area contributed by atoms with Crippen molar-refractivity contribution in [1.29, 1.82) is 0 Å². The number of benzene rings is 1. The molecule has 1 atom stereocenters. The molecule has 2 aliphatic rings. The minimum atomic E-state index is -1.57. The number of rotatable bonds is 11. The fourth-order valence-corrected chi connectivity index (χ4v) is 5.17. The molecule has 1 aliphatic heterocycles. The summed E-state index contributed by atoms with van der Waals surface area (Å²) < 4.78 is 15.0. The first-order chi connectivity index (χ1) is 19.0. The maximum Gasteiger partial charge on any atom is 0.404 e. The van der Waals surface area contributed by atoms with Crippen LogP contribution in [0.4, 0.5) is 9.59 Å². The molecule has 0 bridgehead atoms. The van der Waals surface area contributed by atoms with E-state index in [-0.39, 0.29) is 25.7 Å². The van der Waals surface area contributed by atoms with Crippen LogP contribution in [0.5, 0.6) is 0 Å². The van der Waals surface area contributed by atoms with Crippen LogP contribution < -0.4 is 11.5 Å². The molecule has 0 spiro atoms. The molecule has 1 unspecified atom stereocenters. The van der Waals surface area contributed by atoms with Gasteiger partial charge in [-0.3, -0.25) is 4.99 Å². The number of aliphatic hydroxyl groups is 1. The quantitative estimate of drug-likeness (QED) is 0.271. The molecule has 1 heterocycles. The highest BCUT2D eigenvalue weighted by atomic mass is 16.6. The predicted molar refractivity (Wildman–Crippen MR) is 152 cm³/mol. The van der Waals surface area contributed by atoms with Crippen molar-refractivity contribution in [3.8, 4) is 0 Å². The average Bonchev–Trinajstić information content (AvgIpc) is 2.95. The molecular formula is C29H46N4O7. The second-order valence-electron chi connectivity index (χ2n) is 10.9. The Balaban J connectivity index is 0.000000323. The van der Waals surface area contributed by atoms with Crippen molar-refractivity contribution < 1.29 is 33.7 Å². The number of ether oxygens (including phenoxy) is 3. The van der Waals surface area contributed by atoms with Gasteiger partial charge in [0.15, 0.2) is 5.60 Å². The van der Waals surface area contributed by atoms with Gasteiger partial charge >= 0.3 is 18.2 Å². The Morgan fingerprint density at radius 2 is 1.60 bits per heavy atom. The molecule has 1 aliphatic carbocycles. The summed E-state index contributed by atoms with van der Waals surface area (Å²) in [6.45, 7) is 5.85. The molecule has 1 saturated carbocycles. The van der Waals surface area contributed by atoms with Gasteiger partial charge in [-0.15, -0.1) is 0 Å². The third-order valence-corrected chi connectivity index (χ3v) is 7.42. The predicted octanol–water partition coefficient (Wildman–Crippen LogP) is 3.72. The monoisotopic (exact) mass is 562 g/mol. The minimum Gasteiger partial charge on any atom is -0.455 e. The van der Waals surface area contributed by atoms with Crippen molar-refractivity contribution in [3.05, 3.63) is 35.9 Å². The van der Waals surface area contributed by atoms with Gasteiger partial charge in [-0.1, -0.05) is 69.9 Å². The molecule has 0 saturated heterocycles. The van der Waals surface area contributed by atoms with E-state index in [0.717, 1.165) is 70.3 Å². The van der Waals surface area contributed by atoms with E-state index in [1.165, 1.54) is 0 Å². The number of carbonyl (C=O) groups excluding carboxylic acids is 3. The van der Waals surface area contributed by atoms with Gasteiger partial charge in [-0.05, 0) is 31.2 Å². The second-order valence-corrected chi connectivity index (χ2v) is 10.9. The maximum absolute atomic E-state index is 13.0. The van der Waals surface area contributed by atoms with E-state index in [0.29, 0.717) is 5.56 Å². The first-order valence-corrected chi connectivity index (χ1v) is 14.1. The van der Waals surface area contributed by atoms with Crippen LogP contribution in [-0.2, 0) is 24.6 Å². The topological polar surface area (TPSA) is 167 Å². The Bertz CT molecular complexity index is 964. The summed E-state index contributed by atoms with van der Waals surface area (Å²) >= 11 is 0.